The normalized spacial score (nSPS) is 13.2. The fraction of sp³-hybridized carbons (Fsp3) is 0.462. The number of rotatable bonds is 5. The van der Waals surface area contributed by atoms with Crippen molar-refractivity contribution in [2.75, 3.05) is 11.9 Å². The smallest absolute Gasteiger partial charge is 0.138 e. The van der Waals surface area contributed by atoms with Gasteiger partial charge in [-0.25, -0.2) is 4.98 Å². The van der Waals surface area contributed by atoms with E-state index in [0.29, 0.717) is 18.5 Å². The van der Waals surface area contributed by atoms with Crippen molar-refractivity contribution in [2.24, 2.45) is 11.7 Å². The minimum Gasteiger partial charge on any atom is -0.367 e. The van der Waals surface area contributed by atoms with Crippen molar-refractivity contribution in [3.05, 3.63) is 30.6 Å². The predicted octanol–water partition coefficient (Wildman–Crippen LogP) is 2.12. The van der Waals surface area contributed by atoms with E-state index in [1.54, 1.807) is 6.20 Å². The van der Waals surface area contributed by atoms with Crippen LogP contribution in [-0.4, -0.2) is 22.0 Å². The Hall–Kier alpha value is -1.55. The van der Waals surface area contributed by atoms with Gasteiger partial charge in [-0.1, -0.05) is 19.9 Å². The first-order chi connectivity index (χ1) is 8.20. The lowest BCUT2D eigenvalue weighted by Crippen LogP contribution is -2.31. The van der Waals surface area contributed by atoms with Gasteiger partial charge in [0.1, 0.15) is 11.5 Å². The van der Waals surface area contributed by atoms with Gasteiger partial charge in [-0.3, -0.25) is 4.40 Å². The summed E-state index contributed by atoms with van der Waals surface area (Å²) in [5.41, 5.74) is 6.75. The van der Waals surface area contributed by atoms with Crippen molar-refractivity contribution >= 4 is 11.5 Å². The monoisotopic (exact) mass is 232 g/mol. The molecule has 4 nitrogen and oxygen atoms in total. The molecule has 2 heterocycles. The highest BCUT2D eigenvalue weighted by molar-refractivity contribution is 5.50. The molecule has 17 heavy (non-hydrogen) atoms. The number of nitrogens with one attached hydrogen (secondary N) is 1. The Morgan fingerprint density at radius 1 is 1.41 bits per heavy atom. The highest BCUT2D eigenvalue weighted by Gasteiger charge is 2.10. The number of hydrogen-bond acceptors (Lipinski definition) is 3. The minimum atomic E-state index is 0.308. The molecular weight excluding hydrogens is 212 g/mol. The topological polar surface area (TPSA) is 55.3 Å². The van der Waals surface area contributed by atoms with Gasteiger partial charge < -0.3 is 11.1 Å². The standard InChI is InChI=1S/C13H20N4/c1-10(2)8-11(9-14)16-13-5-3-4-12-15-6-7-17(12)13/h3-7,10-11,16H,8-9,14H2,1-2H3. The highest BCUT2D eigenvalue weighted by atomic mass is 15.1. The van der Waals surface area contributed by atoms with Gasteiger partial charge in [-0.05, 0) is 24.5 Å². The SMILES string of the molecule is CC(C)CC(CN)Nc1cccc2nccn12. The molecule has 1 atom stereocenters. The molecular formula is C13H20N4. The van der Waals surface area contributed by atoms with Gasteiger partial charge in [0.15, 0.2) is 0 Å². The molecule has 0 amide bonds. The van der Waals surface area contributed by atoms with Crippen LogP contribution in [0.15, 0.2) is 30.6 Å². The summed E-state index contributed by atoms with van der Waals surface area (Å²) in [5.74, 6) is 1.69. The molecule has 0 radical (unpaired) electrons. The lowest BCUT2D eigenvalue weighted by Gasteiger charge is -2.20. The molecule has 0 aliphatic heterocycles. The van der Waals surface area contributed by atoms with Crippen LogP contribution in [0.25, 0.3) is 5.65 Å². The van der Waals surface area contributed by atoms with E-state index in [1.807, 2.05) is 22.7 Å². The molecule has 0 spiro atoms. The first-order valence-electron chi connectivity index (χ1n) is 6.09. The maximum atomic E-state index is 5.80. The van der Waals surface area contributed by atoms with Crippen molar-refractivity contribution < 1.29 is 0 Å². The molecule has 0 aromatic carbocycles. The summed E-state index contributed by atoms with van der Waals surface area (Å²) in [6.45, 7) is 5.06. The second kappa shape index (κ2) is 5.19. The van der Waals surface area contributed by atoms with E-state index in [9.17, 15) is 0 Å². The first kappa shape index (κ1) is 11.9. The van der Waals surface area contributed by atoms with Crippen LogP contribution in [0.2, 0.25) is 0 Å². The zero-order chi connectivity index (χ0) is 12.3. The molecule has 0 fully saturated rings. The number of aromatic nitrogens is 2. The molecule has 4 heteroatoms. The van der Waals surface area contributed by atoms with Crippen molar-refractivity contribution in [3.63, 3.8) is 0 Å². The van der Waals surface area contributed by atoms with Crippen molar-refractivity contribution in [3.8, 4) is 0 Å². The van der Waals surface area contributed by atoms with Crippen molar-refractivity contribution in [1.82, 2.24) is 9.38 Å². The Kier molecular flexibility index (Phi) is 3.64. The Morgan fingerprint density at radius 2 is 2.24 bits per heavy atom. The lowest BCUT2D eigenvalue weighted by atomic mass is 10.0. The number of anilines is 1. The molecule has 0 aliphatic rings. The molecule has 3 N–H and O–H groups in total. The molecule has 2 aromatic heterocycles. The molecule has 0 saturated heterocycles. The van der Waals surface area contributed by atoms with Crippen LogP contribution in [0.4, 0.5) is 5.82 Å². The number of imidazole rings is 1. The Labute approximate surface area is 102 Å². The average molecular weight is 232 g/mol. The van der Waals surface area contributed by atoms with Crippen LogP contribution in [0, 0.1) is 5.92 Å². The maximum Gasteiger partial charge on any atom is 0.138 e. The van der Waals surface area contributed by atoms with Crippen LogP contribution in [0.3, 0.4) is 0 Å². The van der Waals surface area contributed by atoms with E-state index in [1.165, 1.54) is 0 Å². The maximum absolute atomic E-state index is 5.80. The third-order valence-electron chi connectivity index (χ3n) is 2.82. The van der Waals surface area contributed by atoms with Crippen molar-refractivity contribution in [1.29, 1.82) is 0 Å². The number of nitrogens with zero attached hydrogens (tertiary/aromatic N) is 2. The van der Waals surface area contributed by atoms with Crippen LogP contribution in [-0.2, 0) is 0 Å². The summed E-state index contributed by atoms with van der Waals surface area (Å²) in [5, 5.41) is 3.49. The number of hydrogen-bond donors (Lipinski definition) is 2. The Bertz CT molecular complexity index is 475. The van der Waals surface area contributed by atoms with Gasteiger partial charge in [0.25, 0.3) is 0 Å². The van der Waals surface area contributed by atoms with E-state index < -0.39 is 0 Å². The third kappa shape index (κ3) is 2.77. The number of nitrogens with two attached hydrogens (primary N) is 1. The highest BCUT2D eigenvalue weighted by Crippen LogP contribution is 2.14. The Balaban J connectivity index is 2.19. The van der Waals surface area contributed by atoms with Gasteiger partial charge in [0.05, 0.1) is 0 Å². The van der Waals surface area contributed by atoms with E-state index in [-0.39, 0.29) is 0 Å². The minimum absolute atomic E-state index is 0.308. The van der Waals surface area contributed by atoms with Gasteiger partial charge >= 0.3 is 0 Å². The summed E-state index contributed by atoms with van der Waals surface area (Å²) >= 11 is 0. The van der Waals surface area contributed by atoms with Gasteiger partial charge in [-0.15, -0.1) is 0 Å². The average Bonchev–Trinajstić information content (AvgIpc) is 2.76. The molecule has 2 aromatic rings. The largest absolute Gasteiger partial charge is 0.367 e. The van der Waals surface area contributed by atoms with Gasteiger partial charge in [0.2, 0.25) is 0 Å². The third-order valence-corrected chi connectivity index (χ3v) is 2.82. The van der Waals surface area contributed by atoms with Gasteiger partial charge in [0, 0.05) is 25.0 Å². The quantitative estimate of drug-likeness (QED) is 0.830. The summed E-state index contributed by atoms with van der Waals surface area (Å²) in [6, 6.07) is 6.36. The summed E-state index contributed by atoms with van der Waals surface area (Å²) in [4.78, 5) is 4.27. The van der Waals surface area contributed by atoms with Crippen LogP contribution in [0.1, 0.15) is 20.3 Å². The summed E-state index contributed by atoms with van der Waals surface area (Å²) < 4.78 is 2.04. The Morgan fingerprint density at radius 3 is 2.94 bits per heavy atom. The number of fused-ring (bicyclic) bond motifs is 1. The zero-order valence-electron chi connectivity index (χ0n) is 10.4. The van der Waals surface area contributed by atoms with E-state index in [2.05, 4.69) is 30.2 Å². The molecule has 2 rings (SSSR count). The van der Waals surface area contributed by atoms with E-state index in [0.717, 1.165) is 17.9 Å². The summed E-state index contributed by atoms with van der Waals surface area (Å²) in [6.07, 6.45) is 4.84. The van der Waals surface area contributed by atoms with Gasteiger partial charge in [-0.2, -0.15) is 0 Å². The lowest BCUT2D eigenvalue weighted by molar-refractivity contribution is 0.520. The van der Waals surface area contributed by atoms with Crippen LogP contribution < -0.4 is 11.1 Å². The molecule has 0 saturated carbocycles. The fourth-order valence-electron chi connectivity index (χ4n) is 2.06. The first-order valence-corrected chi connectivity index (χ1v) is 6.09. The molecule has 92 valence electrons. The van der Waals surface area contributed by atoms with Crippen molar-refractivity contribution in [2.45, 2.75) is 26.3 Å². The molecule has 1 unspecified atom stereocenters. The molecule has 0 aliphatic carbocycles. The summed E-state index contributed by atoms with van der Waals surface area (Å²) in [7, 11) is 0. The van der Waals surface area contributed by atoms with E-state index in [4.69, 9.17) is 5.73 Å². The van der Waals surface area contributed by atoms with Crippen LogP contribution >= 0.6 is 0 Å². The second-order valence-corrected chi connectivity index (χ2v) is 4.77. The zero-order valence-corrected chi connectivity index (χ0v) is 10.4. The molecule has 0 bridgehead atoms. The fourth-order valence-corrected chi connectivity index (χ4v) is 2.06. The van der Waals surface area contributed by atoms with Crippen LogP contribution in [0.5, 0.6) is 0 Å². The predicted molar refractivity (Wildman–Crippen MR) is 71.1 cm³/mol. The van der Waals surface area contributed by atoms with E-state index >= 15 is 0 Å². The second-order valence-electron chi connectivity index (χ2n) is 4.77. The number of pyridine rings is 1.